The molecule has 3 rings (SSSR count). The number of aryl methyl sites for hydroxylation is 1. The van der Waals surface area contributed by atoms with Gasteiger partial charge in [0.15, 0.2) is 0 Å². The molecule has 0 aliphatic carbocycles. The summed E-state index contributed by atoms with van der Waals surface area (Å²) in [6, 6.07) is 9.05. The number of nitro groups is 1. The Hall–Kier alpha value is -3.21. The second kappa shape index (κ2) is 7.32. The molecule has 0 aliphatic heterocycles. The zero-order valence-electron chi connectivity index (χ0n) is 14.9. The first-order valence-corrected chi connectivity index (χ1v) is 9.77. The average molecular weight is 425 g/mol. The summed E-state index contributed by atoms with van der Waals surface area (Å²) in [5.41, 5.74) is -4.69. The van der Waals surface area contributed by atoms with E-state index in [4.69, 9.17) is 0 Å². The summed E-state index contributed by atoms with van der Waals surface area (Å²) in [6.07, 6.45) is 2.96. The van der Waals surface area contributed by atoms with Crippen molar-refractivity contribution in [1.82, 2.24) is 9.55 Å². The minimum atomic E-state index is -5.49. The molecule has 0 bridgehead atoms. The van der Waals surface area contributed by atoms with Crippen LogP contribution in [-0.4, -0.2) is 28.4 Å². The standard InChI is InChI=1S/C18H14F3N3O4S/c1-2-23-16-9-8-13(29(27,28)18(19,20)21)11-14(16)22-17(23)10-7-12-5-3-4-6-15(12)24(25)26/h3-11H,2H2,1H3/b10-7+. The van der Waals surface area contributed by atoms with Crippen LogP contribution in [0.25, 0.3) is 23.2 Å². The fraction of sp³-hybridized carbons (Fsp3) is 0.167. The minimum Gasteiger partial charge on any atom is -0.325 e. The summed E-state index contributed by atoms with van der Waals surface area (Å²) in [7, 11) is -5.49. The highest BCUT2D eigenvalue weighted by molar-refractivity contribution is 7.92. The van der Waals surface area contributed by atoms with Crippen molar-refractivity contribution in [3.8, 4) is 0 Å². The number of halogens is 3. The number of sulfone groups is 1. The van der Waals surface area contributed by atoms with E-state index >= 15 is 0 Å². The number of para-hydroxylation sites is 1. The van der Waals surface area contributed by atoms with Gasteiger partial charge in [0, 0.05) is 12.6 Å². The number of fused-ring (bicyclic) bond motifs is 1. The number of rotatable bonds is 5. The molecule has 3 aromatic rings. The average Bonchev–Trinajstić information content (AvgIpc) is 3.02. The van der Waals surface area contributed by atoms with E-state index in [0.717, 1.165) is 12.1 Å². The van der Waals surface area contributed by atoms with Gasteiger partial charge in [-0.05, 0) is 43.3 Å². The quantitative estimate of drug-likeness (QED) is 0.445. The van der Waals surface area contributed by atoms with Crippen LogP contribution in [0.1, 0.15) is 18.3 Å². The maximum Gasteiger partial charge on any atom is 0.501 e. The predicted molar refractivity (Wildman–Crippen MR) is 101 cm³/mol. The first kappa shape index (κ1) is 20.5. The second-order valence-electron chi connectivity index (χ2n) is 5.96. The van der Waals surface area contributed by atoms with Crippen molar-refractivity contribution in [2.75, 3.05) is 0 Å². The molecule has 0 aliphatic rings. The first-order chi connectivity index (χ1) is 13.6. The monoisotopic (exact) mass is 425 g/mol. The fourth-order valence-electron chi connectivity index (χ4n) is 2.85. The predicted octanol–water partition coefficient (Wildman–Crippen LogP) is 4.43. The summed E-state index contributed by atoms with van der Waals surface area (Å²) in [4.78, 5) is 13.9. The molecule has 0 N–H and O–H groups in total. The zero-order valence-corrected chi connectivity index (χ0v) is 15.7. The van der Waals surface area contributed by atoms with Crippen LogP contribution in [0.2, 0.25) is 0 Å². The van der Waals surface area contributed by atoms with Gasteiger partial charge in [0.1, 0.15) is 5.82 Å². The molecule has 0 atom stereocenters. The molecule has 2 aromatic carbocycles. The van der Waals surface area contributed by atoms with E-state index in [9.17, 15) is 31.7 Å². The molecule has 0 unspecified atom stereocenters. The fourth-order valence-corrected chi connectivity index (χ4v) is 3.63. The van der Waals surface area contributed by atoms with Crippen molar-refractivity contribution in [2.45, 2.75) is 23.9 Å². The van der Waals surface area contributed by atoms with Crippen molar-refractivity contribution in [3.63, 3.8) is 0 Å². The van der Waals surface area contributed by atoms with Gasteiger partial charge in [0.2, 0.25) is 0 Å². The molecule has 0 spiro atoms. The summed E-state index contributed by atoms with van der Waals surface area (Å²) in [6.45, 7) is 2.18. The first-order valence-electron chi connectivity index (χ1n) is 8.29. The molecule has 0 saturated heterocycles. The molecule has 0 radical (unpaired) electrons. The van der Waals surface area contributed by atoms with Gasteiger partial charge in [-0.2, -0.15) is 13.2 Å². The molecule has 0 fully saturated rings. The Morgan fingerprint density at radius 3 is 2.48 bits per heavy atom. The Balaban J connectivity index is 2.10. The van der Waals surface area contributed by atoms with Crippen LogP contribution in [0.4, 0.5) is 18.9 Å². The molecule has 0 amide bonds. The van der Waals surface area contributed by atoms with E-state index in [1.54, 1.807) is 23.6 Å². The van der Waals surface area contributed by atoms with Crippen LogP contribution < -0.4 is 0 Å². The highest BCUT2D eigenvalue weighted by Crippen LogP contribution is 2.32. The normalized spacial score (nSPS) is 12.7. The smallest absolute Gasteiger partial charge is 0.325 e. The van der Waals surface area contributed by atoms with Gasteiger partial charge in [-0.3, -0.25) is 10.1 Å². The summed E-state index contributed by atoms with van der Waals surface area (Å²) in [5.74, 6) is 0.321. The Morgan fingerprint density at radius 1 is 1.17 bits per heavy atom. The molecule has 29 heavy (non-hydrogen) atoms. The van der Waals surface area contributed by atoms with Gasteiger partial charge in [-0.25, -0.2) is 13.4 Å². The number of nitrogens with zero attached hydrogens (tertiary/aromatic N) is 3. The lowest BCUT2D eigenvalue weighted by Crippen LogP contribution is -2.23. The van der Waals surface area contributed by atoms with E-state index in [2.05, 4.69) is 4.98 Å². The Bertz CT molecular complexity index is 1230. The number of nitro benzene ring substituents is 1. The van der Waals surface area contributed by atoms with Crippen LogP contribution in [0.3, 0.4) is 0 Å². The number of benzene rings is 2. The van der Waals surface area contributed by atoms with E-state index in [0.29, 0.717) is 23.4 Å². The Kier molecular flexibility index (Phi) is 5.18. The van der Waals surface area contributed by atoms with E-state index in [-0.39, 0.29) is 11.2 Å². The maximum atomic E-state index is 12.8. The van der Waals surface area contributed by atoms with Crippen LogP contribution in [0, 0.1) is 10.1 Å². The molecular weight excluding hydrogens is 411 g/mol. The van der Waals surface area contributed by atoms with Crippen LogP contribution in [-0.2, 0) is 16.4 Å². The lowest BCUT2D eigenvalue weighted by Gasteiger charge is -2.08. The molecule has 11 heteroatoms. The number of imidazole rings is 1. The Labute approximate surface area is 163 Å². The van der Waals surface area contributed by atoms with E-state index in [1.165, 1.54) is 30.4 Å². The van der Waals surface area contributed by atoms with Crippen molar-refractivity contribution in [1.29, 1.82) is 0 Å². The number of aromatic nitrogens is 2. The zero-order chi connectivity index (χ0) is 21.4. The Morgan fingerprint density at radius 2 is 1.86 bits per heavy atom. The lowest BCUT2D eigenvalue weighted by molar-refractivity contribution is -0.385. The molecule has 0 saturated carbocycles. The SMILES string of the molecule is CCn1c(/C=C/c2ccccc2[N+](=O)[O-])nc2cc(S(=O)(=O)C(F)(F)F)ccc21. The second-order valence-corrected chi connectivity index (χ2v) is 7.90. The van der Waals surface area contributed by atoms with Crippen molar-refractivity contribution < 1.29 is 26.5 Å². The third-order valence-electron chi connectivity index (χ3n) is 4.23. The summed E-state index contributed by atoms with van der Waals surface area (Å²) >= 11 is 0. The van der Waals surface area contributed by atoms with Crippen LogP contribution >= 0.6 is 0 Å². The molecule has 1 heterocycles. The van der Waals surface area contributed by atoms with Crippen LogP contribution in [0.5, 0.6) is 0 Å². The van der Waals surface area contributed by atoms with Gasteiger partial charge in [0.05, 0.1) is 26.4 Å². The minimum absolute atomic E-state index is 0.0689. The molecule has 7 nitrogen and oxygen atoms in total. The third kappa shape index (κ3) is 3.73. The van der Waals surface area contributed by atoms with Gasteiger partial charge >= 0.3 is 5.51 Å². The number of hydrogen-bond acceptors (Lipinski definition) is 5. The largest absolute Gasteiger partial charge is 0.501 e. The summed E-state index contributed by atoms with van der Waals surface area (Å²) in [5, 5.41) is 11.1. The van der Waals surface area contributed by atoms with E-state index < -0.39 is 25.2 Å². The van der Waals surface area contributed by atoms with E-state index in [1.807, 2.05) is 0 Å². The van der Waals surface area contributed by atoms with Gasteiger partial charge in [-0.1, -0.05) is 12.1 Å². The van der Waals surface area contributed by atoms with Crippen molar-refractivity contribution in [3.05, 3.63) is 64.0 Å². The third-order valence-corrected chi connectivity index (χ3v) is 5.71. The highest BCUT2D eigenvalue weighted by Gasteiger charge is 2.47. The van der Waals surface area contributed by atoms with Crippen LogP contribution in [0.15, 0.2) is 47.4 Å². The maximum absolute atomic E-state index is 12.8. The number of hydrogen-bond donors (Lipinski definition) is 0. The molecular formula is C18H14F3N3O4S. The summed E-state index contributed by atoms with van der Waals surface area (Å²) < 4.78 is 63.3. The van der Waals surface area contributed by atoms with Gasteiger partial charge < -0.3 is 4.57 Å². The van der Waals surface area contributed by atoms with Crippen molar-refractivity contribution >= 4 is 38.7 Å². The van der Waals surface area contributed by atoms with Gasteiger partial charge in [0.25, 0.3) is 15.5 Å². The van der Waals surface area contributed by atoms with Gasteiger partial charge in [-0.15, -0.1) is 0 Å². The molecule has 152 valence electrons. The lowest BCUT2D eigenvalue weighted by atomic mass is 10.1. The number of alkyl halides is 3. The topological polar surface area (TPSA) is 95.1 Å². The van der Waals surface area contributed by atoms with Crippen molar-refractivity contribution in [2.24, 2.45) is 0 Å². The molecule has 1 aromatic heterocycles. The highest BCUT2D eigenvalue weighted by atomic mass is 32.2.